The van der Waals surface area contributed by atoms with Crippen molar-refractivity contribution in [2.24, 2.45) is 10.7 Å². The maximum Gasteiger partial charge on any atom is 0.251 e. The number of hydrogen-bond donors (Lipinski definition) is 3. The number of rotatable bonds is 6. The number of carbonyl (C=O) groups excluding carboxylic acids is 1. The van der Waals surface area contributed by atoms with Crippen LogP contribution in [-0.2, 0) is 0 Å². The molecule has 0 aliphatic heterocycles. The smallest absolute Gasteiger partial charge is 0.251 e. The number of aliphatic imine (C=N–C) groups is 1. The Labute approximate surface area is 182 Å². The molecule has 1 amide bonds. The van der Waals surface area contributed by atoms with Crippen LogP contribution in [-0.4, -0.2) is 32.1 Å². The van der Waals surface area contributed by atoms with Crippen LogP contribution in [0, 0.1) is 0 Å². The van der Waals surface area contributed by atoms with Crippen LogP contribution in [0.4, 0.5) is 5.69 Å². The summed E-state index contributed by atoms with van der Waals surface area (Å²) >= 11 is 9.38. The highest BCUT2D eigenvalue weighted by Gasteiger charge is 2.05. The molecule has 26 heavy (non-hydrogen) atoms. The first-order chi connectivity index (χ1) is 12.0. The first-order valence-corrected chi connectivity index (χ1v) is 8.61. The summed E-state index contributed by atoms with van der Waals surface area (Å²) in [5.41, 5.74) is 7.10. The first kappa shape index (κ1) is 22.5. The van der Waals surface area contributed by atoms with Crippen molar-refractivity contribution in [3.05, 3.63) is 57.5 Å². The molecule has 0 atom stereocenters. The Balaban J connectivity index is 0.00000338. The number of nitrogens with one attached hydrogen (secondary N) is 2. The summed E-state index contributed by atoms with van der Waals surface area (Å²) in [7, 11) is 1.55. The number of anilines is 1. The summed E-state index contributed by atoms with van der Waals surface area (Å²) < 4.78 is 5.94. The molecule has 0 saturated heterocycles. The minimum Gasteiger partial charge on any atom is -0.495 e. The van der Waals surface area contributed by atoms with E-state index in [1.807, 2.05) is 6.07 Å². The zero-order valence-electron chi connectivity index (χ0n) is 14.0. The molecule has 0 aliphatic carbocycles. The second kappa shape index (κ2) is 11.2. The molecule has 0 aromatic heterocycles. The van der Waals surface area contributed by atoms with Crippen LogP contribution in [0.1, 0.15) is 10.4 Å². The predicted molar refractivity (Wildman–Crippen MR) is 120 cm³/mol. The molecule has 0 fully saturated rings. The maximum absolute atomic E-state index is 12.0. The van der Waals surface area contributed by atoms with Crippen molar-refractivity contribution >= 4 is 69.1 Å². The molecule has 0 unspecified atom stereocenters. The van der Waals surface area contributed by atoms with Gasteiger partial charge in [-0.25, -0.2) is 0 Å². The van der Waals surface area contributed by atoms with E-state index in [4.69, 9.17) is 22.1 Å². The second-order valence-electron chi connectivity index (χ2n) is 5.01. The van der Waals surface area contributed by atoms with Crippen LogP contribution in [0.15, 0.2) is 51.9 Å². The predicted octanol–water partition coefficient (Wildman–Crippen LogP) is 3.89. The van der Waals surface area contributed by atoms with Crippen molar-refractivity contribution in [2.75, 3.05) is 25.5 Å². The van der Waals surface area contributed by atoms with Crippen LogP contribution in [0.25, 0.3) is 0 Å². The van der Waals surface area contributed by atoms with E-state index in [0.29, 0.717) is 35.1 Å². The molecule has 0 spiro atoms. The quantitative estimate of drug-likeness (QED) is 0.219. The van der Waals surface area contributed by atoms with E-state index in [1.165, 1.54) is 0 Å². The highest BCUT2D eigenvalue weighted by Crippen LogP contribution is 2.26. The highest BCUT2D eigenvalue weighted by atomic mass is 127. The number of amides is 1. The van der Waals surface area contributed by atoms with Gasteiger partial charge in [-0.15, -0.1) is 24.0 Å². The summed E-state index contributed by atoms with van der Waals surface area (Å²) in [6.07, 6.45) is 0. The standard InChI is InChI=1S/C17H18BrClN4O2.HI/c1-25-15-6-5-13(10-14(15)19)23-17(20)22-8-7-21-16(24)11-3-2-4-12(18)9-11;/h2-6,9-10H,7-8H2,1H3,(H,21,24)(H3,20,22,23);1H. The van der Waals surface area contributed by atoms with Crippen LogP contribution in [0.3, 0.4) is 0 Å². The first-order valence-electron chi connectivity index (χ1n) is 7.44. The maximum atomic E-state index is 12.0. The van der Waals surface area contributed by atoms with E-state index in [9.17, 15) is 4.79 Å². The Morgan fingerprint density at radius 2 is 2.08 bits per heavy atom. The van der Waals surface area contributed by atoms with Crippen LogP contribution < -0.4 is 21.1 Å². The number of hydrogen-bond acceptors (Lipinski definition) is 3. The third-order valence-corrected chi connectivity index (χ3v) is 3.98. The number of methoxy groups -OCH3 is 1. The Hall–Kier alpha value is -1.52. The van der Waals surface area contributed by atoms with E-state index < -0.39 is 0 Å². The Morgan fingerprint density at radius 3 is 2.73 bits per heavy atom. The number of ether oxygens (including phenoxy) is 1. The van der Waals surface area contributed by atoms with Crippen molar-refractivity contribution in [2.45, 2.75) is 0 Å². The lowest BCUT2D eigenvalue weighted by molar-refractivity contribution is 0.0954. The molecule has 4 N–H and O–H groups in total. The van der Waals surface area contributed by atoms with Gasteiger partial charge in [-0.2, -0.15) is 0 Å². The minimum atomic E-state index is -0.162. The molecule has 0 saturated carbocycles. The van der Waals surface area contributed by atoms with Gasteiger partial charge in [0.1, 0.15) is 5.75 Å². The molecule has 0 heterocycles. The average Bonchev–Trinajstić information content (AvgIpc) is 2.58. The fraction of sp³-hybridized carbons (Fsp3) is 0.176. The molecular formula is C17H19BrClIN4O2. The zero-order chi connectivity index (χ0) is 18.2. The molecule has 6 nitrogen and oxygen atoms in total. The second-order valence-corrected chi connectivity index (χ2v) is 6.33. The SMILES string of the molecule is COc1ccc(NC(N)=NCCNC(=O)c2cccc(Br)c2)cc1Cl.I. The molecule has 140 valence electrons. The molecule has 0 aliphatic rings. The van der Waals surface area contributed by atoms with Gasteiger partial charge in [0.25, 0.3) is 5.91 Å². The molecule has 0 bridgehead atoms. The van der Waals surface area contributed by atoms with Crippen LogP contribution in [0.5, 0.6) is 5.75 Å². The number of nitrogens with zero attached hydrogens (tertiary/aromatic N) is 1. The topological polar surface area (TPSA) is 88.7 Å². The van der Waals surface area contributed by atoms with E-state index in [2.05, 4.69) is 31.6 Å². The largest absolute Gasteiger partial charge is 0.495 e. The summed E-state index contributed by atoms with van der Waals surface area (Å²) in [6.45, 7) is 0.722. The van der Waals surface area contributed by atoms with Crippen LogP contribution >= 0.6 is 51.5 Å². The summed E-state index contributed by atoms with van der Waals surface area (Å²) in [5, 5.41) is 6.19. The van der Waals surface area contributed by atoms with Crippen molar-refractivity contribution in [1.82, 2.24) is 5.32 Å². The molecule has 9 heteroatoms. The van der Waals surface area contributed by atoms with Crippen molar-refractivity contribution in [3.63, 3.8) is 0 Å². The lowest BCUT2D eigenvalue weighted by atomic mass is 10.2. The van der Waals surface area contributed by atoms with E-state index in [0.717, 1.165) is 4.47 Å². The van der Waals surface area contributed by atoms with Gasteiger partial charge in [-0.3, -0.25) is 9.79 Å². The zero-order valence-corrected chi connectivity index (χ0v) is 18.6. The van der Waals surface area contributed by atoms with Gasteiger partial charge in [0, 0.05) is 22.3 Å². The van der Waals surface area contributed by atoms with E-state index in [-0.39, 0.29) is 35.8 Å². The average molecular weight is 554 g/mol. The fourth-order valence-electron chi connectivity index (χ4n) is 2.01. The number of guanidine groups is 1. The normalized spacial score (nSPS) is 10.7. The Bertz CT molecular complexity index is 789. The molecular weight excluding hydrogens is 534 g/mol. The van der Waals surface area contributed by atoms with Crippen molar-refractivity contribution < 1.29 is 9.53 Å². The monoisotopic (exact) mass is 552 g/mol. The van der Waals surface area contributed by atoms with Gasteiger partial charge in [0.2, 0.25) is 0 Å². The van der Waals surface area contributed by atoms with E-state index in [1.54, 1.807) is 43.5 Å². The number of halogens is 3. The summed E-state index contributed by atoms with van der Waals surface area (Å²) in [5.74, 6) is 0.654. The minimum absolute atomic E-state index is 0. The lowest BCUT2D eigenvalue weighted by Gasteiger charge is -2.09. The number of carbonyl (C=O) groups is 1. The van der Waals surface area contributed by atoms with Crippen molar-refractivity contribution in [1.29, 1.82) is 0 Å². The molecule has 0 radical (unpaired) electrons. The van der Waals surface area contributed by atoms with E-state index >= 15 is 0 Å². The van der Waals surface area contributed by atoms with Gasteiger partial charge >= 0.3 is 0 Å². The molecule has 2 aromatic carbocycles. The molecule has 2 rings (SSSR count). The third kappa shape index (κ3) is 7.00. The Morgan fingerprint density at radius 1 is 1.31 bits per heavy atom. The number of nitrogens with two attached hydrogens (primary N) is 1. The van der Waals surface area contributed by atoms with Gasteiger partial charge in [0.05, 0.1) is 18.7 Å². The van der Waals surface area contributed by atoms with Gasteiger partial charge in [0.15, 0.2) is 5.96 Å². The molecule has 2 aromatic rings. The highest BCUT2D eigenvalue weighted by molar-refractivity contribution is 14.0. The van der Waals surface area contributed by atoms with Gasteiger partial charge in [-0.1, -0.05) is 33.6 Å². The fourth-order valence-corrected chi connectivity index (χ4v) is 2.67. The van der Waals surface area contributed by atoms with Crippen LogP contribution in [0.2, 0.25) is 5.02 Å². The number of benzene rings is 2. The van der Waals surface area contributed by atoms with Crippen molar-refractivity contribution in [3.8, 4) is 5.75 Å². The summed E-state index contributed by atoms with van der Waals surface area (Å²) in [4.78, 5) is 16.1. The summed E-state index contributed by atoms with van der Waals surface area (Å²) in [6, 6.07) is 12.4. The lowest BCUT2D eigenvalue weighted by Crippen LogP contribution is -2.28. The third-order valence-electron chi connectivity index (χ3n) is 3.19. The Kier molecular flexibility index (Phi) is 9.74. The van der Waals surface area contributed by atoms with Gasteiger partial charge < -0.3 is 21.1 Å². The van der Waals surface area contributed by atoms with Gasteiger partial charge in [-0.05, 0) is 36.4 Å².